The van der Waals surface area contributed by atoms with Gasteiger partial charge in [0.25, 0.3) is 5.91 Å². The van der Waals surface area contributed by atoms with Gasteiger partial charge in [0.05, 0.1) is 4.88 Å². The summed E-state index contributed by atoms with van der Waals surface area (Å²) in [4.78, 5) is 18.0. The molecule has 0 bridgehead atoms. The molecule has 3 heterocycles. The van der Waals surface area contributed by atoms with Gasteiger partial charge in [0.15, 0.2) is 5.82 Å². The first-order chi connectivity index (χ1) is 12.7. The minimum Gasteiger partial charge on any atom is -0.321 e. The van der Waals surface area contributed by atoms with E-state index < -0.39 is 0 Å². The van der Waals surface area contributed by atoms with Gasteiger partial charge in [0.2, 0.25) is 0 Å². The van der Waals surface area contributed by atoms with Crippen molar-refractivity contribution in [1.82, 2.24) is 19.7 Å². The van der Waals surface area contributed by atoms with Gasteiger partial charge in [-0.3, -0.25) is 4.79 Å². The van der Waals surface area contributed by atoms with E-state index in [1.807, 2.05) is 53.3 Å². The minimum absolute atomic E-state index is 0.224. The maximum Gasteiger partial charge on any atom is 0.275 e. The van der Waals surface area contributed by atoms with Gasteiger partial charge in [-0.2, -0.15) is 0 Å². The second-order valence-electron chi connectivity index (χ2n) is 5.49. The van der Waals surface area contributed by atoms with Gasteiger partial charge in [0.1, 0.15) is 17.0 Å². The largest absolute Gasteiger partial charge is 0.321 e. The summed E-state index contributed by atoms with van der Waals surface area (Å²) in [6, 6.07) is 11.5. The van der Waals surface area contributed by atoms with Crippen LogP contribution in [0, 0.1) is 0 Å². The number of amides is 1. The summed E-state index contributed by atoms with van der Waals surface area (Å²) < 4.78 is 1.95. The van der Waals surface area contributed by atoms with Crippen LogP contribution in [0.15, 0.2) is 53.5 Å². The molecule has 0 saturated heterocycles. The van der Waals surface area contributed by atoms with Gasteiger partial charge in [-0.1, -0.05) is 18.2 Å². The zero-order valence-electron chi connectivity index (χ0n) is 13.9. The molecular weight excluding hydrogens is 366 g/mol. The Kier molecular flexibility index (Phi) is 4.59. The topological polar surface area (TPSA) is 72.7 Å². The van der Waals surface area contributed by atoms with E-state index in [4.69, 9.17) is 0 Å². The Morgan fingerprint density at radius 1 is 1.23 bits per heavy atom. The second-order valence-corrected chi connectivity index (χ2v) is 7.30. The van der Waals surface area contributed by atoms with Gasteiger partial charge in [0, 0.05) is 23.2 Å². The van der Waals surface area contributed by atoms with E-state index in [9.17, 15) is 4.79 Å². The predicted molar refractivity (Wildman–Crippen MR) is 105 cm³/mol. The van der Waals surface area contributed by atoms with E-state index in [0.29, 0.717) is 11.4 Å². The Morgan fingerprint density at radius 2 is 2.15 bits per heavy atom. The maximum atomic E-state index is 12.5. The zero-order valence-corrected chi connectivity index (χ0v) is 15.5. The van der Waals surface area contributed by atoms with E-state index in [2.05, 4.69) is 20.5 Å². The number of rotatable bonds is 5. The molecular formula is C18H15N5OS2. The van der Waals surface area contributed by atoms with Gasteiger partial charge < -0.3 is 9.88 Å². The minimum atomic E-state index is -0.224. The number of anilines is 1. The van der Waals surface area contributed by atoms with E-state index in [1.54, 1.807) is 23.0 Å². The lowest BCUT2D eigenvalue weighted by Gasteiger charge is -2.07. The number of hydrogen-bond donors (Lipinski definition) is 1. The summed E-state index contributed by atoms with van der Waals surface area (Å²) >= 11 is 3.08. The Hall–Kier alpha value is -2.84. The number of benzene rings is 1. The first-order valence-corrected chi connectivity index (χ1v) is 9.79. The van der Waals surface area contributed by atoms with Crippen LogP contribution in [0.1, 0.15) is 17.4 Å². The molecule has 0 spiro atoms. The van der Waals surface area contributed by atoms with Gasteiger partial charge in [-0.15, -0.1) is 32.9 Å². The molecule has 3 aromatic heterocycles. The average Bonchev–Trinajstić information content (AvgIpc) is 3.42. The second kappa shape index (κ2) is 7.19. The third-order valence-electron chi connectivity index (χ3n) is 3.80. The first kappa shape index (κ1) is 16.6. The Morgan fingerprint density at radius 3 is 2.96 bits per heavy atom. The monoisotopic (exact) mass is 381 g/mol. The number of thiophene rings is 1. The first-order valence-electron chi connectivity index (χ1n) is 8.03. The summed E-state index contributed by atoms with van der Waals surface area (Å²) in [7, 11) is 0. The highest BCUT2D eigenvalue weighted by atomic mass is 32.1. The molecule has 4 rings (SSSR count). The van der Waals surface area contributed by atoms with Crippen LogP contribution in [-0.4, -0.2) is 25.7 Å². The highest BCUT2D eigenvalue weighted by molar-refractivity contribution is 7.20. The van der Waals surface area contributed by atoms with Crippen molar-refractivity contribution in [2.75, 3.05) is 5.32 Å². The average molecular weight is 381 g/mol. The Bertz CT molecular complexity index is 1040. The summed E-state index contributed by atoms with van der Waals surface area (Å²) in [6.07, 6.45) is 1.70. The molecule has 0 aliphatic heterocycles. The number of carbonyl (C=O) groups is 1. The van der Waals surface area contributed by atoms with Crippen LogP contribution < -0.4 is 5.32 Å². The molecule has 0 fully saturated rings. The number of nitrogens with zero attached hydrogens (tertiary/aromatic N) is 4. The lowest BCUT2D eigenvalue weighted by Crippen LogP contribution is -2.12. The highest BCUT2D eigenvalue weighted by Crippen LogP contribution is 2.28. The molecule has 8 heteroatoms. The summed E-state index contributed by atoms with van der Waals surface area (Å²) in [5.41, 5.74) is 2.02. The number of thiazole rings is 1. The van der Waals surface area contributed by atoms with Gasteiger partial charge >= 0.3 is 0 Å². The molecule has 0 saturated carbocycles. The molecule has 130 valence electrons. The third kappa shape index (κ3) is 3.29. The standard InChI is InChI=1S/C18H15N5OS2/c1-2-23-11-19-22-16(23)12-5-3-6-13(9-12)20-17(24)14-10-26-18(21-14)15-7-4-8-25-15/h3-11H,2H2,1H3,(H,20,24). The molecule has 1 N–H and O–H groups in total. The van der Waals surface area contributed by atoms with Crippen molar-refractivity contribution < 1.29 is 4.79 Å². The van der Waals surface area contributed by atoms with Crippen molar-refractivity contribution >= 4 is 34.3 Å². The smallest absolute Gasteiger partial charge is 0.275 e. The number of carbonyl (C=O) groups excluding carboxylic acids is 1. The van der Waals surface area contributed by atoms with E-state index in [1.165, 1.54) is 11.3 Å². The van der Waals surface area contributed by atoms with E-state index in [-0.39, 0.29) is 5.91 Å². The lowest BCUT2D eigenvalue weighted by atomic mass is 10.2. The van der Waals surface area contributed by atoms with Crippen molar-refractivity contribution in [1.29, 1.82) is 0 Å². The molecule has 0 unspecified atom stereocenters. The Labute approximate surface area is 158 Å². The quantitative estimate of drug-likeness (QED) is 0.556. The van der Waals surface area contributed by atoms with E-state index >= 15 is 0 Å². The Balaban J connectivity index is 1.54. The molecule has 1 amide bonds. The van der Waals surface area contributed by atoms with Crippen molar-refractivity contribution in [3.05, 3.63) is 59.2 Å². The van der Waals surface area contributed by atoms with Crippen molar-refractivity contribution in [2.45, 2.75) is 13.5 Å². The van der Waals surface area contributed by atoms with Gasteiger partial charge in [-0.25, -0.2) is 4.98 Å². The molecule has 4 aromatic rings. The molecule has 6 nitrogen and oxygen atoms in total. The van der Waals surface area contributed by atoms with Crippen LogP contribution in [-0.2, 0) is 6.54 Å². The number of nitrogens with one attached hydrogen (secondary N) is 1. The van der Waals surface area contributed by atoms with Crippen molar-refractivity contribution in [3.8, 4) is 21.3 Å². The molecule has 0 atom stereocenters. The fourth-order valence-electron chi connectivity index (χ4n) is 2.53. The number of aryl methyl sites for hydroxylation is 1. The van der Waals surface area contributed by atoms with Gasteiger partial charge in [-0.05, 0) is 30.5 Å². The fourth-order valence-corrected chi connectivity index (χ4v) is 4.15. The molecule has 1 aromatic carbocycles. The predicted octanol–water partition coefficient (Wildman–Crippen LogP) is 4.40. The van der Waals surface area contributed by atoms with Crippen LogP contribution >= 0.6 is 22.7 Å². The summed E-state index contributed by atoms with van der Waals surface area (Å²) in [5.74, 6) is 0.551. The zero-order chi connectivity index (χ0) is 17.9. The molecule has 0 aliphatic carbocycles. The SMILES string of the molecule is CCn1cnnc1-c1cccc(NC(=O)c2csc(-c3cccs3)n2)c1. The van der Waals surface area contributed by atoms with Crippen LogP contribution in [0.4, 0.5) is 5.69 Å². The lowest BCUT2D eigenvalue weighted by molar-refractivity contribution is 0.102. The van der Waals surface area contributed by atoms with Crippen LogP contribution in [0.3, 0.4) is 0 Å². The van der Waals surface area contributed by atoms with Crippen LogP contribution in [0.2, 0.25) is 0 Å². The van der Waals surface area contributed by atoms with Crippen LogP contribution in [0.25, 0.3) is 21.3 Å². The summed E-state index contributed by atoms with van der Waals surface area (Å²) in [5, 5.41) is 15.7. The van der Waals surface area contributed by atoms with Crippen molar-refractivity contribution in [2.24, 2.45) is 0 Å². The number of hydrogen-bond acceptors (Lipinski definition) is 6. The number of aromatic nitrogens is 4. The maximum absolute atomic E-state index is 12.5. The summed E-state index contributed by atoms with van der Waals surface area (Å²) in [6.45, 7) is 2.81. The molecule has 0 aliphatic rings. The van der Waals surface area contributed by atoms with E-state index in [0.717, 1.165) is 27.8 Å². The van der Waals surface area contributed by atoms with Crippen LogP contribution in [0.5, 0.6) is 0 Å². The molecule has 0 radical (unpaired) electrons. The highest BCUT2D eigenvalue weighted by Gasteiger charge is 2.13. The third-order valence-corrected chi connectivity index (χ3v) is 5.69. The fraction of sp³-hybridized carbons (Fsp3) is 0.111. The van der Waals surface area contributed by atoms with Crippen molar-refractivity contribution in [3.63, 3.8) is 0 Å². The molecule has 26 heavy (non-hydrogen) atoms. The normalized spacial score (nSPS) is 10.8.